The van der Waals surface area contributed by atoms with E-state index >= 15 is 0 Å². The standard InChI is InChI=1S/C14H19F3N2/c1-13(2)9-18-7-8-19(10-13)12-6-4-3-5-11(12)14(15,16)17/h3-6,18H,7-10H2,1-2H3. The molecule has 0 radical (unpaired) electrons. The topological polar surface area (TPSA) is 15.3 Å². The van der Waals surface area contributed by atoms with Crippen LogP contribution in [0.4, 0.5) is 18.9 Å². The summed E-state index contributed by atoms with van der Waals surface area (Å²) < 4.78 is 39.2. The van der Waals surface area contributed by atoms with Gasteiger partial charge in [0.2, 0.25) is 0 Å². The molecule has 1 aliphatic heterocycles. The zero-order valence-corrected chi connectivity index (χ0v) is 11.2. The summed E-state index contributed by atoms with van der Waals surface area (Å²) in [4.78, 5) is 1.84. The maximum absolute atomic E-state index is 13.1. The molecule has 5 heteroatoms. The number of alkyl halides is 3. The maximum atomic E-state index is 13.1. The molecule has 1 fully saturated rings. The summed E-state index contributed by atoms with van der Waals surface area (Å²) in [6.45, 7) is 6.86. The summed E-state index contributed by atoms with van der Waals surface area (Å²) in [5.74, 6) is 0. The highest BCUT2D eigenvalue weighted by molar-refractivity contribution is 5.55. The van der Waals surface area contributed by atoms with Crippen molar-refractivity contribution >= 4 is 5.69 Å². The average Bonchev–Trinajstić information content (AvgIpc) is 2.49. The van der Waals surface area contributed by atoms with Crippen molar-refractivity contribution in [3.05, 3.63) is 29.8 Å². The largest absolute Gasteiger partial charge is 0.418 e. The number of rotatable bonds is 1. The Bertz CT molecular complexity index is 441. The highest BCUT2D eigenvalue weighted by atomic mass is 19.4. The van der Waals surface area contributed by atoms with Gasteiger partial charge in [0, 0.05) is 31.9 Å². The predicted octanol–water partition coefficient (Wildman–Crippen LogP) is 3.14. The summed E-state index contributed by atoms with van der Waals surface area (Å²) in [6.07, 6.45) is -4.31. The number of nitrogens with one attached hydrogen (secondary N) is 1. The van der Waals surface area contributed by atoms with Gasteiger partial charge in [0.25, 0.3) is 0 Å². The van der Waals surface area contributed by atoms with E-state index in [1.54, 1.807) is 12.1 Å². The summed E-state index contributed by atoms with van der Waals surface area (Å²) in [5, 5.41) is 3.27. The molecular formula is C14H19F3N2. The Kier molecular flexibility index (Phi) is 3.76. The number of halogens is 3. The van der Waals surface area contributed by atoms with E-state index in [2.05, 4.69) is 19.2 Å². The third kappa shape index (κ3) is 3.41. The molecule has 0 aromatic heterocycles. The van der Waals surface area contributed by atoms with Crippen LogP contribution in [-0.4, -0.2) is 26.2 Å². The van der Waals surface area contributed by atoms with Crippen LogP contribution in [0, 0.1) is 5.41 Å². The minimum absolute atomic E-state index is 0.0464. The number of hydrogen-bond donors (Lipinski definition) is 1. The van der Waals surface area contributed by atoms with E-state index in [9.17, 15) is 13.2 Å². The minimum atomic E-state index is -4.31. The zero-order chi connectivity index (χ0) is 14.1. The molecule has 2 nitrogen and oxygen atoms in total. The summed E-state index contributed by atoms with van der Waals surface area (Å²) in [7, 11) is 0. The van der Waals surface area contributed by atoms with E-state index in [4.69, 9.17) is 0 Å². The Morgan fingerprint density at radius 3 is 2.58 bits per heavy atom. The van der Waals surface area contributed by atoms with Gasteiger partial charge in [-0.1, -0.05) is 26.0 Å². The lowest BCUT2D eigenvalue weighted by Crippen LogP contribution is -2.36. The molecule has 1 N–H and O–H groups in total. The van der Waals surface area contributed by atoms with Gasteiger partial charge in [-0.3, -0.25) is 0 Å². The molecule has 19 heavy (non-hydrogen) atoms. The SMILES string of the molecule is CC1(C)CNCCN(c2ccccc2C(F)(F)F)C1. The lowest BCUT2D eigenvalue weighted by molar-refractivity contribution is -0.137. The molecule has 1 saturated heterocycles. The van der Waals surface area contributed by atoms with Crippen LogP contribution in [0.15, 0.2) is 24.3 Å². The van der Waals surface area contributed by atoms with Crippen LogP contribution < -0.4 is 10.2 Å². The predicted molar refractivity (Wildman–Crippen MR) is 70.3 cm³/mol. The van der Waals surface area contributed by atoms with Gasteiger partial charge in [0.1, 0.15) is 0 Å². The Balaban J connectivity index is 2.35. The third-order valence-electron chi connectivity index (χ3n) is 3.33. The second-order valence-electron chi connectivity index (χ2n) is 5.78. The molecule has 0 unspecified atom stereocenters. The molecular weight excluding hydrogens is 253 g/mol. The van der Waals surface area contributed by atoms with Crippen LogP contribution in [-0.2, 0) is 6.18 Å². The highest BCUT2D eigenvalue weighted by Crippen LogP contribution is 2.37. The summed E-state index contributed by atoms with van der Waals surface area (Å²) in [6, 6.07) is 5.81. The first-order valence-corrected chi connectivity index (χ1v) is 6.41. The van der Waals surface area contributed by atoms with Gasteiger partial charge >= 0.3 is 6.18 Å². The van der Waals surface area contributed by atoms with E-state index in [-0.39, 0.29) is 11.1 Å². The molecule has 2 rings (SSSR count). The zero-order valence-electron chi connectivity index (χ0n) is 11.2. The Hall–Kier alpha value is -1.23. The molecule has 0 saturated carbocycles. The Morgan fingerprint density at radius 1 is 1.21 bits per heavy atom. The van der Waals surface area contributed by atoms with Crippen LogP contribution in [0.5, 0.6) is 0 Å². The van der Waals surface area contributed by atoms with Crippen molar-refractivity contribution in [2.24, 2.45) is 5.41 Å². The Labute approximate surface area is 111 Å². The molecule has 0 bridgehead atoms. The molecule has 1 aromatic carbocycles. The molecule has 0 aliphatic carbocycles. The lowest BCUT2D eigenvalue weighted by Gasteiger charge is -2.32. The average molecular weight is 272 g/mol. The van der Waals surface area contributed by atoms with Crippen molar-refractivity contribution in [3.8, 4) is 0 Å². The number of anilines is 1. The number of benzene rings is 1. The second kappa shape index (κ2) is 5.04. The maximum Gasteiger partial charge on any atom is 0.418 e. The first kappa shape index (κ1) is 14.2. The van der Waals surface area contributed by atoms with Gasteiger partial charge in [-0.25, -0.2) is 0 Å². The normalized spacial score (nSPS) is 20.2. The van der Waals surface area contributed by atoms with Crippen LogP contribution in [0.2, 0.25) is 0 Å². The van der Waals surface area contributed by atoms with Crippen molar-refractivity contribution in [1.82, 2.24) is 5.32 Å². The minimum Gasteiger partial charge on any atom is -0.369 e. The first-order chi connectivity index (χ1) is 8.80. The van der Waals surface area contributed by atoms with Crippen molar-refractivity contribution in [3.63, 3.8) is 0 Å². The second-order valence-corrected chi connectivity index (χ2v) is 5.78. The number of hydrogen-bond acceptors (Lipinski definition) is 2. The van der Waals surface area contributed by atoms with Gasteiger partial charge in [-0.05, 0) is 17.5 Å². The first-order valence-electron chi connectivity index (χ1n) is 6.41. The van der Waals surface area contributed by atoms with Gasteiger partial charge in [0.15, 0.2) is 0 Å². The lowest BCUT2D eigenvalue weighted by atomic mass is 9.93. The van der Waals surface area contributed by atoms with Gasteiger partial charge in [-0.2, -0.15) is 13.2 Å². The third-order valence-corrected chi connectivity index (χ3v) is 3.33. The molecule has 1 heterocycles. The van der Waals surface area contributed by atoms with E-state index in [0.717, 1.165) is 12.6 Å². The fourth-order valence-corrected chi connectivity index (χ4v) is 2.49. The number of nitrogens with zero attached hydrogens (tertiary/aromatic N) is 1. The van der Waals surface area contributed by atoms with Crippen molar-refractivity contribution in [1.29, 1.82) is 0 Å². The van der Waals surface area contributed by atoms with E-state index in [1.165, 1.54) is 6.07 Å². The van der Waals surface area contributed by atoms with Gasteiger partial charge < -0.3 is 10.2 Å². The molecule has 0 atom stereocenters. The number of para-hydroxylation sites is 1. The molecule has 0 amide bonds. The fraction of sp³-hybridized carbons (Fsp3) is 0.571. The molecule has 1 aliphatic rings. The van der Waals surface area contributed by atoms with Crippen molar-refractivity contribution in [2.45, 2.75) is 20.0 Å². The van der Waals surface area contributed by atoms with E-state index in [0.29, 0.717) is 19.6 Å². The Morgan fingerprint density at radius 2 is 1.89 bits per heavy atom. The van der Waals surface area contributed by atoms with Crippen LogP contribution in [0.3, 0.4) is 0 Å². The summed E-state index contributed by atoms with van der Waals surface area (Å²) >= 11 is 0. The quantitative estimate of drug-likeness (QED) is 0.845. The highest BCUT2D eigenvalue weighted by Gasteiger charge is 2.35. The smallest absolute Gasteiger partial charge is 0.369 e. The fourth-order valence-electron chi connectivity index (χ4n) is 2.49. The molecule has 1 aromatic rings. The van der Waals surface area contributed by atoms with Crippen LogP contribution in [0.25, 0.3) is 0 Å². The van der Waals surface area contributed by atoms with Gasteiger partial charge in [0.05, 0.1) is 5.56 Å². The van der Waals surface area contributed by atoms with Gasteiger partial charge in [-0.15, -0.1) is 0 Å². The van der Waals surface area contributed by atoms with Crippen LogP contribution in [0.1, 0.15) is 19.4 Å². The van der Waals surface area contributed by atoms with Crippen molar-refractivity contribution < 1.29 is 13.2 Å². The monoisotopic (exact) mass is 272 g/mol. The van der Waals surface area contributed by atoms with E-state index in [1.807, 2.05) is 4.90 Å². The molecule has 106 valence electrons. The molecule has 0 spiro atoms. The summed E-state index contributed by atoms with van der Waals surface area (Å²) in [5.41, 5.74) is -0.311. The van der Waals surface area contributed by atoms with Crippen molar-refractivity contribution in [2.75, 3.05) is 31.1 Å². The van der Waals surface area contributed by atoms with Crippen LogP contribution >= 0.6 is 0 Å². The van der Waals surface area contributed by atoms with E-state index < -0.39 is 11.7 Å².